The lowest BCUT2D eigenvalue weighted by Crippen LogP contribution is -2.37. The second-order valence-electron chi connectivity index (χ2n) is 7.39. The van der Waals surface area contributed by atoms with Gasteiger partial charge in [-0.25, -0.2) is 9.13 Å². The van der Waals surface area contributed by atoms with Gasteiger partial charge >= 0.3 is 0 Å². The Hall–Kier alpha value is -0.790. The average molecular weight is 336 g/mol. The summed E-state index contributed by atoms with van der Waals surface area (Å²) in [6, 6.07) is 0. The zero-order valence-electron chi connectivity index (χ0n) is 16.9. The highest BCUT2D eigenvalue weighted by atomic mass is 15.1. The van der Waals surface area contributed by atoms with E-state index in [0.29, 0.717) is 0 Å². The summed E-state index contributed by atoms with van der Waals surface area (Å²) in [6.07, 6.45) is 23.7. The first-order valence-electron chi connectivity index (χ1n) is 10.9. The van der Waals surface area contributed by atoms with Gasteiger partial charge in [0.05, 0.1) is 13.1 Å². The molecule has 24 heavy (non-hydrogen) atoms. The van der Waals surface area contributed by atoms with Gasteiger partial charge in [-0.2, -0.15) is 0 Å². The number of aryl methyl sites for hydroxylation is 2. The topological polar surface area (TPSA) is 8.81 Å². The molecule has 0 bridgehead atoms. The highest BCUT2D eigenvalue weighted by Gasteiger charge is 2.16. The normalized spacial score (nSPS) is 11.3. The Bertz CT molecular complexity index is 395. The van der Waals surface area contributed by atoms with E-state index in [2.05, 4.69) is 42.3 Å². The second-order valence-corrected chi connectivity index (χ2v) is 7.39. The van der Waals surface area contributed by atoms with Crippen LogP contribution in [0.3, 0.4) is 0 Å². The van der Waals surface area contributed by atoms with E-state index >= 15 is 0 Å². The number of nitrogens with zero attached hydrogens (tertiary/aromatic N) is 2. The summed E-state index contributed by atoms with van der Waals surface area (Å²) < 4.78 is 5.09. The van der Waals surface area contributed by atoms with Crippen LogP contribution in [0.25, 0.3) is 0 Å². The Morgan fingerprint density at radius 1 is 0.708 bits per heavy atom. The Balaban J connectivity index is 2.48. The van der Waals surface area contributed by atoms with Crippen LogP contribution in [0.15, 0.2) is 12.4 Å². The predicted molar refractivity (Wildman–Crippen MR) is 105 cm³/mol. The Morgan fingerprint density at radius 3 is 2.00 bits per heavy atom. The van der Waals surface area contributed by atoms with Crippen LogP contribution < -0.4 is 4.57 Å². The van der Waals surface area contributed by atoms with Crippen molar-refractivity contribution >= 4 is 0 Å². The van der Waals surface area contributed by atoms with Crippen LogP contribution in [0.4, 0.5) is 0 Å². The lowest BCUT2D eigenvalue weighted by molar-refractivity contribution is -0.704. The van der Waals surface area contributed by atoms with Crippen LogP contribution in [0.1, 0.15) is 110 Å². The molecule has 0 radical (unpaired) electrons. The van der Waals surface area contributed by atoms with Gasteiger partial charge in [-0.1, -0.05) is 72.1 Å². The molecule has 1 aromatic rings. The van der Waals surface area contributed by atoms with Crippen LogP contribution in [0, 0.1) is 0 Å². The van der Waals surface area contributed by atoms with E-state index in [1.54, 1.807) is 5.82 Å². The molecule has 0 saturated heterocycles. The van der Waals surface area contributed by atoms with E-state index in [0.717, 1.165) is 0 Å². The van der Waals surface area contributed by atoms with Crippen molar-refractivity contribution in [3.63, 3.8) is 0 Å². The lowest BCUT2D eigenvalue weighted by atomic mass is 10.1. The van der Waals surface area contributed by atoms with Gasteiger partial charge in [-0.3, -0.25) is 0 Å². The Morgan fingerprint density at radius 2 is 1.29 bits per heavy atom. The molecule has 0 atom stereocenters. The molecular formula is C22H43N2+. The van der Waals surface area contributed by atoms with Crippen molar-refractivity contribution in [2.24, 2.45) is 0 Å². The van der Waals surface area contributed by atoms with Gasteiger partial charge in [0.25, 0.3) is 5.82 Å². The molecule has 0 fully saturated rings. The van der Waals surface area contributed by atoms with Crippen molar-refractivity contribution in [1.29, 1.82) is 0 Å². The fourth-order valence-corrected chi connectivity index (χ4v) is 3.50. The van der Waals surface area contributed by atoms with Gasteiger partial charge < -0.3 is 0 Å². The van der Waals surface area contributed by atoms with Crippen molar-refractivity contribution < 1.29 is 4.57 Å². The SMILES string of the molecule is CCCCCCCCc1n(CCCCC)cc[n+]1CCCCCC. The standard InChI is InChI=1S/C22H43N2/c1-4-7-10-12-13-14-17-22-23(18-15-9-6-3)20-21-24(22)19-16-11-8-5-2/h20-21H,4-19H2,1-3H3/q+1. The highest BCUT2D eigenvalue weighted by molar-refractivity contribution is 4.84. The maximum absolute atomic E-state index is 2.55. The molecule has 1 rings (SSSR count). The number of rotatable bonds is 16. The Kier molecular flexibility index (Phi) is 12.9. The molecule has 0 aliphatic rings. The smallest absolute Gasteiger partial charge is 0.234 e. The molecular weight excluding hydrogens is 292 g/mol. The summed E-state index contributed by atoms with van der Waals surface area (Å²) in [7, 11) is 0. The molecule has 0 spiro atoms. The summed E-state index contributed by atoms with van der Waals surface area (Å²) >= 11 is 0. The molecule has 2 nitrogen and oxygen atoms in total. The minimum atomic E-state index is 1.21. The van der Waals surface area contributed by atoms with E-state index in [1.807, 2.05) is 0 Å². The Labute approximate surface area is 151 Å². The third-order valence-corrected chi connectivity index (χ3v) is 5.10. The number of unbranched alkanes of at least 4 members (excludes halogenated alkanes) is 10. The van der Waals surface area contributed by atoms with Crippen molar-refractivity contribution in [3.8, 4) is 0 Å². The van der Waals surface area contributed by atoms with Gasteiger partial charge in [0, 0.05) is 6.42 Å². The van der Waals surface area contributed by atoms with Crippen molar-refractivity contribution in [1.82, 2.24) is 4.57 Å². The second kappa shape index (κ2) is 14.5. The minimum Gasteiger partial charge on any atom is -0.234 e. The molecule has 0 amide bonds. The third kappa shape index (κ3) is 8.89. The maximum Gasteiger partial charge on any atom is 0.256 e. The van der Waals surface area contributed by atoms with Crippen LogP contribution in [-0.4, -0.2) is 4.57 Å². The summed E-state index contributed by atoms with van der Waals surface area (Å²) in [6.45, 7) is 9.31. The van der Waals surface area contributed by atoms with Crippen LogP contribution in [0.2, 0.25) is 0 Å². The van der Waals surface area contributed by atoms with Crippen LogP contribution in [0.5, 0.6) is 0 Å². The zero-order valence-corrected chi connectivity index (χ0v) is 16.9. The van der Waals surface area contributed by atoms with Gasteiger partial charge in [0.1, 0.15) is 12.4 Å². The summed E-state index contributed by atoms with van der Waals surface area (Å²) in [5.74, 6) is 1.58. The summed E-state index contributed by atoms with van der Waals surface area (Å²) in [5, 5.41) is 0. The first-order valence-corrected chi connectivity index (χ1v) is 10.9. The van der Waals surface area contributed by atoms with Gasteiger partial charge in [-0.15, -0.1) is 0 Å². The number of imidazole rings is 1. The number of hydrogen-bond acceptors (Lipinski definition) is 0. The van der Waals surface area contributed by atoms with Crippen molar-refractivity contribution in [2.75, 3.05) is 0 Å². The zero-order chi connectivity index (χ0) is 17.5. The highest BCUT2D eigenvalue weighted by Crippen LogP contribution is 2.10. The molecule has 140 valence electrons. The minimum absolute atomic E-state index is 1.21. The van der Waals surface area contributed by atoms with E-state index in [9.17, 15) is 0 Å². The van der Waals surface area contributed by atoms with E-state index < -0.39 is 0 Å². The molecule has 2 heteroatoms. The number of aromatic nitrogens is 2. The predicted octanol–water partition coefficient (Wildman–Crippen LogP) is 6.45. The average Bonchev–Trinajstić information content (AvgIpc) is 2.97. The van der Waals surface area contributed by atoms with Gasteiger partial charge in [0.15, 0.2) is 0 Å². The van der Waals surface area contributed by atoms with Gasteiger partial charge in [-0.05, 0) is 32.1 Å². The monoisotopic (exact) mass is 335 g/mol. The van der Waals surface area contributed by atoms with Crippen LogP contribution in [-0.2, 0) is 19.5 Å². The number of hydrogen-bond donors (Lipinski definition) is 0. The molecule has 0 N–H and O–H groups in total. The first-order chi connectivity index (χ1) is 11.8. The summed E-state index contributed by atoms with van der Waals surface area (Å²) in [4.78, 5) is 0. The third-order valence-electron chi connectivity index (χ3n) is 5.10. The molecule has 0 aliphatic carbocycles. The fourth-order valence-electron chi connectivity index (χ4n) is 3.50. The molecule has 0 saturated carbocycles. The van der Waals surface area contributed by atoms with Crippen LogP contribution >= 0.6 is 0 Å². The fraction of sp³-hybridized carbons (Fsp3) is 0.864. The van der Waals surface area contributed by atoms with E-state index in [-0.39, 0.29) is 0 Å². The molecule has 0 unspecified atom stereocenters. The van der Waals surface area contributed by atoms with Crippen molar-refractivity contribution in [2.45, 2.75) is 124 Å². The first kappa shape index (κ1) is 21.3. The largest absolute Gasteiger partial charge is 0.256 e. The molecule has 0 aliphatic heterocycles. The molecule has 0 aromatic carbocycles. The summed E-state index contributed by atoms with van der Waals surface area (Å²) in [5.41, 5.74) is 0. The van der Waals surface area contributed by atoms with E-state index in [4.69, 9.17) is 0 Å². The molecule has 1 aromatic heterocycles. The van der Waals surface area contributed by atoms with Gasteiger partial charge in [0.2, 0.25) is 0 Å². The quantitative estimate of drug-likeness (QED) is 0.242. The lowest BCUT2D eigenvalue weighted by Gasteiger charge is -2.06. The maximum atomic E-state index is 2.55. The molecule has 1 heterocycles. The van der Waals surface area contributed by atoms with Crippen molar-refractivity contribution in [3.05, 3.63) is 18.2 Å². The van der Waals surface area contributed by atoms with E-state index in [1.165, 1.54) is 103 Å².